The number of carbonyl (C=O) groups is 1. The molecule has 0 saturated heterocycles. The Morgan fingerprint density at radius 2 is 2.07 bits per heavy atom. The number of benzene rings is 2. The number of rotatable bonds is 4. The second-order valence-corrected chi connectivity index (χ2v) is 6.50. The lowest BCUT2D eigenvalue weighted by Crippen LogP contribution is -2.22. The molecule has 0 fully saturated rings. The van der Waals surface area contributed by atoms with Gasteiger partial charge < -0.3 is 9.84 Å². The molecule has 0 aliphatic heterocycles. The van der Waals surface area contributed by atoms with Crippen molar-refractivity contribution in [2.75, 3.05) is 7.05 Å². The van der Waals surface area contributed by atoms with E-state index in [1.807, 2.05) is 25.1 Å². The standard InChI is InChI=1S/C21H18N4O3/c1-13-18(11-28-24-13)15-6-7-17-19(9-15)23-12-25(21(17)27)10-14-4-3-5-16(8-14)20(26)22-2/h3-9,11-12H,10H2,1-2H3,(H,22,26). The summed E-state index contributed by atoms with van der Waals surface area (Å²) in [6.45, 7) is 2.19. The number of fused-ring (bicyclic) bond motifs is 1. The molecule has 7 nitrogen and oxygen atoms in total. The normalized spacial score (nSPS) is 10.9. The monoisotopic (exact) mass is 374 g/mol. The predicted octanol–water partition coefficient (Wildman–Crippen LogP) is 2.77. The third-order valence-electron chi connectivity index (χ3n) is 4.66. The molecule has 4 rings (SSSR count). The van der Waals surface area contributed by atoms with Crippen LogP contribution in [0.2, 0.25) is 0 Å². The van der Waals surface area contributed by atoms with Crippen molar-refractivity contribution in [1.82, 2.24) is 20.0 Å². The van der Waals surface area contributed by atoms with Crippen molar-refractivity contribution in [2.24, 2.45) is 0 Å². The van der Waals surface area contributed by atoms with Gasteiger partial charge in [0.15, 0.2) is 0 Å². The first-order valence-electron chi connectivity index (χ1n) is 8.78. The maximum atomic E-state index is 12.9. The topological polar surface area (TPSA) is 90.0 Å². The highest BCUT2D eigenvalue weighted by Crippen LogP contribution is 2.24. The minimum absolute atomic E-state index is 0.135. The van der Waals surface area contributed by atoms with Gasteiger partial charge in [-0.1, -0.05) is 23.4 Å². The Morgan fingerprint density at radius 3 is 2.82 bits per heavy atom. The van der Waals surface area contributed by atoms with Crippen LogP contribution in [-0.4, -0.2) is 27.7 Å². The fraction of sp³-hybridized carbons (Fsp3) is 0.143. The lowest BCUT2D eigenvalue weighted by atomic mass is 10.1. The number of carbonyl (C=O) groups excluding carboxylic acids is 1. The van der Waals surface area contributed by atoms with E-state index in [0.717, 1.165) is 22.4 Å². The zero-order valence-electron chi connectivity index (χ0n) is 15.5. The highest BCUT2D eigenvalue weighted by molar-refractivity contribution is 5.94. The zero-order valence-corrected chi connectivity index (χ0v) is 15.5. The molecule has 0 aliphatic carbocycles. The van der Waals surface area contributed by atoms with Gasteiger partial charge >= 0.3 is 0 Å². The lowest BCUT2D eigenvalue weighted by Gasteiger charge is -2.09. The molecule has 0 radical (unpaired) electrons. The van der Waals surface area contributed by atoms with E-state index in [0.29, 0.717) is 23.0 Å². The predicted molar refractivity (Wildman–Crippen MR) is 105 cm³/mol. The highest BCUT2D eigenvalue weighted by Gasteiger charge is 2.11. The summed E-state index contributed by atoms with van der Waals surface area (Å²) >= 11 is 0. The molecule has 1 amide bonds. The van der Waals surface area contributed by atoms with Crippen LogP contribution in [0.4, 0.5) is 0 Å². The summed E-state index contributed by atoms with van der Waals surface area (Å²) < 4.78 is 6.53. The van der Waals surface area contributed by atoms with E-state index < -0.39 is 0 Å². The molecule has 0 unspecified atom stereocenters. The number of aryl methyl sites for hydroxylation is 1. The van der Waals surface area contributed by atoms with E-state index in [1.165, 1.54) is 10.9 Å². The van der Waals surface area contributed by atoms with Gasteiger partial charge in [-0.25, -0.2) is 4.98 Å². The van der Waals surface area contributed by atoms with E-state index in [4.69, 9.17) is 4.52 Å². The van der Waals surface area contributed by atoms with Gasteiger partial charge in [0.25, 0.3) is 11.5 Å². The van der Waals surface area contributed by atoms with Crippen LogP contribution in [0.25, 0.3) is 22.0 Å². The highest BCUT2D eigenvalue weighted by atomic mass is 16.5. The molecule has 2 aromatic carbocycles. The summed E-state index contributed by atoms with van der Waals surface area (Å²) in [5.74, 6) is -0.164. The van der Waals surface area contributed by atoms with Gasteiger partial charge in [0.1, 0.15) is 6.26 Å². The number of amides is 1. The minimum Gasteiger partial charge on any atom is -0.364 e. The zero-order chi connectivity index (χ0) is 19.7. The van der Waals surface area contributed by atoms with Gasteiger partial charge in [-0.05, 0) is 42.3 Å². The van der Waals surface area contributed by atoms with Gasteiger partial charge in [0.2, 0.25) is 0 Å². The first-order chi connectivity index (χ1) is 13.6. The van der Waals surface area contributed by atoms with Crippen molar-refractivity contribution in [3.63, 3.8) is 0 Å². The molecule has 0 saturated carbocycles. The quantitative estimate of drug-likeness (QED) is 0.593. The molecule has 4 aromatic rings. The van der Waals surface area contributed by atoms with Gasteiger partial charge in [-0.15, -0.1) is 0 Å². The van der Waals surface area contributed by atoms with Crippen LogP contribution in [-0.2, 0) is 6.54 Å². The molecule has 0 aliphatic rings. The number of aromatic nitrogens is 3. The maximum absolute atomic E-state index is 12.9. The van der Waals surface area contributed by atoms with Crippen molar-refractivity contribution in [3.05, 3.63) is 82.2 Å². The van der Waals surface area contributed by atoms with Crippen LogP contribution in [0, 0.1) is 6.92 Å². The first-order valence-corrected chi connectivity index (χ1v) is 8.78. The summed E-state index contributed by atoms with van der Waals surface area (Å²) in [4.78, 5) is 29.1. The molecular weight excluding hydrogens is 356 g/mol. The molecule has 2 heterocycles. The second-order valence-electron chi connectivity index (χ2n) is 6.50. The smallest absolute Gasteiger partial charge is 0.261 e. The molecule has 0 bridgehead atoms. The molecule has 7 heteroatoms. The largest absolute Gasteiger partial charge is 0.364 e. The molecule has 1 N–H and O–H groups in total. The average Bonchev–Trinajstić information content (AvgIpc) is 3.15. The van der Waals surface area contributed by atoms with Crippen LogP contribution < -0.4 is 10.9 Å². The Balaban J connectivity index is 1.70. The van der Waals surface area contributed by atoms with Crippen LogP contribution in [0.1, 0.15) is 21.6 Å². The van der Waals surface area contributed by atoms with Crippen molar-refractivity contribution < 1.29 is 9.32 Å². The summed E-state index contributed by atoms with van der Waals surface area (Å²) in [5, 5.41) is 7.02. The SMILES string of the molecule is CNC(=O)c1cccc(Cn2cnc3cc(-c4conc4C)ccc3c2=O)c1. The molecular formula is C21H18N4O3. The Bertz CT molecular complexity index is 1240. The Labute approximate surface area is 160 Å². The van der Waals surface area contributed by atoms with Gasteiger partial charge in [0.05, 0.1) is 29.5 Å². The number of nitrogens with zero attached hydrogens (tertiary/aromatic N) is 3. The number of nitrogens with one attached hydrogen (secondary N) is 1. The second kappa shape index (κ2) is 7.11. The van der Waals surface area contributed by atoms with Crippen molar-refractivity contribution in [3.8, 4) is 11.1 Å². The van der Waals surface area contributed by atoms with E-state index in [-0.39, 0.29) is 11.5 Å². The summed E-state index contributed by atoms with van der Waals surface area (Å²) in [5.41, 5.74) is 4.43. The third kappa shape index (κ3) is 3.18. The van der Waals surface area contributed by atoms with Crippen molar-refractivity contribution in [1.29, 1.82) is 0 Å². The first kappa shape index (κ1) is 17.7. The molecule has 0 atom stereocenters. The van der Waals surface area contributed by atoms with Crippen LogP contribution in [0.15, 0.2) is 64.4 Å². The summed E-state index contributed by atoms with van der Waals surface area (Å²) in [6.07, 6.45) is 3.11. The summed E-state index contributed by atoms with van der Waals surface area (Å²) in [7, 11) is 1.59. The molecule has 28 heavy (non-hydrogen) atoms. The molecule has 140 valence electrons. The Morgan fingerprint density at radius 1 is 1.21 bits per heavy atom. The van der Waals surface area contributed by atoms with Crippen molar-refractivity contribution in [2.45, 2.75) is 13.5 Å². The van der Waals surface area contributed by atoms with Crippen molar-refractivity contribution >= 4 is 16.8 Å². The maximum Gasteiger partial charge on any atom is 0.261 e. The fourth-order valence-electron chi connectivity index (χ4n) is 3.16. The fourth-order valence-corrected chi connectivity index (χ4v) is 3.16. The Kier molecular flexibility index (Phi) is 4.49. The lowest BCUT2D eigenvalue weighted by molar-refractivity contribution is 0.0963. The molecule has 2 aromatic heterocycles. The van der Waals surface area contributed by atoms with Crippen LogP contribution in [0.5, 0.6) is 0 Å². The van der Waals surface area contributed by atoms with E-state index in [1.54, 1.807) is 37.6 Å². The van der Waals surface area contributed by atoms with Gasteiger partial charge in [-0.2, -0.15) is 0 Å². The van der Waals surface area contributed by atoms with Crippen LogP contribution in [0.3, 0.4) is 0 Å². The summed E-state index contributed by atoms with van der Waals surface area (Å²) in [6, 6.07) is 12.7. The van der Waals surface area contributed by atoms with E-state index >= 15 is 0 Å². The van der Waals surface area contributed by atoms with Gasteiger partial charge in [-0.3, -0.25) is 14.2 Å². The third-order valence-corrected chi connectivity index (χ3v) is 4.66. The van der Waals surface area contributed by atoms with Crippen LogP contribution >= 0.6 is 0 Å². The number of hydrogen-bond acceptors (Lipinski definition) is 5. The Hall–Kier alpha value is -3.74. The average molecular weight is 374 g/mol. The van der Waals surface area contributed by atoms with E-state index in [9.17, 15) is 9.59 Å². The number of hydrogen-bond donors (Lipinski definition) is 1. The minimum atomic E-state index is -0.164. The molecule has 0 spiro atoms. The van der Waals surface area contributed by atoms with E-state index in [2.05, 4.69) is 15.5 Å². The van der Waals surface area contributed by atoms with Gasteiger partial charge in [0, 0.05) is 18.2 Å².